The molecule has 1 heterocycles. The van der Waals surface area contributed by atoms with E-state index < -0.39 is 6.61 Å². The van der Waals surface area contributed by atoms with Gasteiger partial charge in [0.05, 0.1) is 5.56 Å². The van der Waals surface area contributed by atoms with Crippen molar-refractivity contribution in [1.82, 2.24) is 9.97 Å². The van der Waals surface area contributed by atoms with E-state index in [-0.39, 0.29) is 17.1 Å². The van der Waals surface area contributed by atoms with Crippen molar-refractivity contribution in [1.29, 1.82) is 0 Å². The summed E-state index contributed by atoms with van der Waals surface area (Å²) in [7, 11) is 0. The number of nitrogens with one attached hydrogen (secondary N) is 1. The van der Waals surface area contributed by atoms with Crippen LogP contribution in [0.25, 0.3) is 11.4 Å². The van der Waals surface area contributed by atoms with Gasteiger partial charge in [-0.2, -0.15) is 8.78 Å². The van der Waals surface area contributed by atoms with Crippen LogP contribution in [0.4, 0.5) is 8.78 Å². The van der Waals surface area contributed by atoms with E-state index >= 15 is 0 Å². The number of aryl methyl sites for hydroxylation is 1. The molecular formula is C14H14F2N2O2. The summed E-state index contributed by atoms with van der Waals surface area (Å²) in [5.41, 5.74) is 1.23. The third kappa shape index (κ3) is 2.84. The van der Waals surface area contributed by atoms with E-state index in [1.54, 1.807) is 25.1 Å². The van der Waals surface area contributed by atoms with Crippen molar-refractivity contribution in [2.75, 3.05) is 0 Å². The van der Waals surface area contributed by atoms with Gasteiger partial charge in [-0.25, -0.2) is 4.98 Å². The Morgan fingerprint density at radius 3 is 2.65 bits per heavy atom. The first kappa shape index (κ1) is 14.2. The molecule has 106 valence electrons. The van der Waals surface area contributed by atoms with Crippen molar-refractivity contribution in [3.8, 4) is 17.1 Å². The van der Waals surface area contributed by atoms with Crippen LogP contribution in [0.15, 0.2) is 29.1 Å². The zero-order valence-electron chi connectivity index (χ0n) is 11.1. The molecule has 0 atom stereocenters. The maximum atomic E-state index is 12.4. The standard InChI is InChI=1S/C14H14F2N2O2/c1-3-9-8(2)17-12(18-13(9)19)10-6-4-5-7-11(10)20-14(15)16/h4-7,14H,3H2,1-2H3,(H,17,18,19). The Morgan fingerprint density at radius 1 is 1.35 bits per heavy atom. The van der Waals surface area contributed by atoms with Gasteiger partial charge in [0.1, 0.15) is 11.6 Å². The second-order valence-electron chi connectivity index (χ2n) is 4.21. The number of ether oxygens (including phenoxy) is 1. The molecule has 1 N–H and O–H groups in total. The Hall–Kier alpha value is -2.24. The topological polar surface area (TPSA) is 55.0 Å². The van der Waals surface area contributed by atoms with Gasteiger partial charge in [0.25, 0.3) is 5.56 Å². The molecule has 0 saturated heterocycles. The minimum absolute atomic E-state index is 0.0192. The highest BCUT2D eigenvalue weighted by atomic mass is 19.3. The number of alkyl halides is 2. The Morgan fingerprint density at radius 2 is 2.05 bits per heavy atom. The molecule has 0 radical (unpaired) electrons. The van der Waals surface area contributed by atoms with Crippen molar-refractivity contribution in [3.63, 3.8) is 0 Å². The van der Waals surface area contributed by atoms with Gasteiger partial charge < -0.3 is 9.72 Å². The van der Waals surface area contributed by atoms with Crippen molar-refractivity contribution in [2.24, 2.45) is 0 Å². The van der Waals surface area contributed by atoms with Crippen LogP contribution < -0.4 is 10.3 Å². The highest BCUT2D eigenvalue weighted by Crippen LogP contribution is 2.28. The van der Waals surface area contributed by atoms with Gasteiger partial charge in [0.2, 0.25) is 0 Å². The molecule has 20 heavy (non-hydrogen) atoms. The first-order valence-electron chi connectivity index (χ1n) is 6.17. The van der Waals surface area contributed by atoms with Crippen LogP contribution in [0.1, 0.15) is 18.2 Å². The number of hydrogen-bond acceptors (Lipinski definition) is 3. The molecule has 0 spiro atoms. The Bertz CT molecular complexity index is 668. The average molecular weight is 280 g/mol. The molecule has 0 amide bonds. The van der Waals surface area contributed by atoms with E-state index in [9.17, 15) is 13.6 Å². The number of H-pyrrole nitrogens is 1. The largest absolute Gasteiger partial charge is 0.434 e. The van der Waals surface area contributed by atoms with E-state index in [1.807, 2.05) is 6.92 Å². The summed E-state index contributed by atoms with van der Waals surface area (Å²) in [5.74, 6) is 0.204. The lowest BCUT2D eigenvalue weighted by Crippen LogP contribution is -2.17. The van der Waals surface area contributed by atoms with Crippen molar-refractivity contribution < 1.29 is 13.5 Å². The summed E-state index contributed by atoms with van der Waals surface area (Å²) in [6.07, 6.45) is 0.559. The summed E-state index contributed by atoms with van der Waals surface area (Å²) < 4.78 is 29.2. The number of aromatic amines is 1. The summed E-state index contributed by atoms with van der Waals surface area (Å²) in [6.45, 7) is 0.639. The molecule has 0 aliphatic rings. The summed E-state index contributed by atoms with van der Waals surface area (Å²) in [5, 5.41) is 0. The zero-order chi connectivity index (χ0) is 14.7. The first-order chi connectivity index (χ1) is 9.52. The fourth-order valence-electron chi connectivity index (χ4n) is 2.02. The number of hydrogen-bond donors (Lipinski definition) is 1. The van der Waals surface area contributed by atoms with E-state index in [0.29, 0.717) is 23.2 Å². The second-order valence-corrected chi connectivity index (χ2v) is 4.21. The Kier molecular flexibility index (Phi) is 4.12. The molecule has 0 aliphatic carbocycles. The molecule has 6 heteroatoms. The normalized spacial score (nSPS) is 10.8. The highest BCUT2D eigenvalue weighted by molar-refractivity contribution is 5.64. The molecule has 1 aromatic carbocycles. The maximum Gasteiger partial charge on any atom is 0.387 e. The molecule has 0 bridgehead atoms. The summed E-state index contributed by atoms with van der Waals surface area (Å²) in [6, 6.07) is 6.22. The van der Waals surface area contributed by atoms with Gasteiger partial charge >= 0.3 is 6.61 Å². The summed E-state index contributed by atoms with van der Waals surface area (Å²) in [4.78, 5) is 18.8. The van der Waals surface area contributed by atoms with E-state index in [0.717, 1.165) is 0 Å². The smallest absolute Gasteiger partial charge is 0.387 e. The zero-order valence-corrected chi connectivity index (χ0v) is 11.1. The molecule has 1 aromatic heterocycles. The maximum absolute atomic E-state index is 12.4. The first-order valence-corrected chi connectivity index (χ1v) is 6.17. The van der Waals surface area contributed by atoms with Crippen molar-refractivity contribution >= 4 is 0 Å². The van der Waals surface area contributed by atoms with E-state index in [1.165, 1.54) is 6.07 Å². The summed E-state index contributed by atoms with van der Waals surface area (Å²) >= 11 is 0. The lowest BCUT2D eigenvalue weighted by Gasteiger charge is -2.11. The van der Waals surface area contributed by atoms with Crippen LogP contribution >= 0.6 is 0 Å². The van der Waals surface area contributed by atoms with Crippen LogP contribution in [0.5, 0.6) is 5.75 Å². The minimum atomic E-state index is -2.93. The van der Waals surface area contributed by atoms with Crippen molar-refractivity contribution in [2.45, 2.75) is 26.9 Å². The molecule has 4 nitrogen and oxygen atoms in total. The molecule has 2 rings (SSSR count). The van der Waals surface area contributed by atoms with Crippen LogP contribution in [-0.4, -0.2) is 16.6 Å². The lowest BCUT2D eigenvalue weighted by molar-refractivity contribution is -0.0494. The molecule has 0 fully saturated rings. The molecule has 2 aromatic rings. The van der Waals surface area contributed by atoms with Crippen LogP contribution in [0, 0.1) is 6.92 Å². The molecule has 0 unspecified atom stereocenters. The second kappa shape index (κ2) is 5.81. The predicted molar refractivity (Wildman–Crippen MR) is 71.0 cm³/mol. The monoisotopic (exact) mass is 280 g/mol. The van der Waals surface area contributed by atoms with Gasteiger partial charge in [0.15, 0.2) is 0 Å². The minimum Gasteiger partial charge on any atom is -0.434 e. The third-order valence-electron chi connectivity index (χ3n) is 2.93. The Labute approximate surface area is 114 Å². The molecular weight excluding hydrogens is 266 g/mol. The van der Waals surface area contributed by atoms with Gasteiger partial charge in [0, 0.05) is 11.3 Å². The fraction of sp³-hybridized carbons (Fsp3) is 0.286. The fourth-order valence-corrected chi connectivity index (χ4v) is 2.02. The average Bonchev–Trinajstić information content (AvgIpc) is 2.38. The highest BCUT2D eigenvalue weighted by Gasteiger charge is 2.14. The Balaban J connectivity index is 2.55. The van der Waals surface area contributed by atoms with Gasteiger partial charge in [-0.3, -0.25) is 4.79 Å². The number of para-hydroxylation sites is 1. The SMILES string of the molecule is CCc1c(C)nc(-c2ccccc2OC(F)F)[nH]c1=O. The number of nitrogens with zero attached hydrogens (tertiary/aromatic N) is 1. The van der Waals surface area contributed by atoms with Crippen molar-refractivity contribution in [3.05, 3.63) is 45.9 Å². The number of benzene rings is 1. The number of halogens is 2. The predicted octanol–water partition coefficient (Wildman–Crippen LogP) is 2.91. The van der Waals surface area contributed by atoms with Crippen LogP contribution in [0.2, 0.25) is 0 Å². The van der Waals surface area contributed by atoms with E-state index in [4.69, 9.17) is 0 Å². The third-order valence-corrected chi connectivity index (χ3v) is 2.93. The number of aromatic nitrogens is 2. The molecule has 0 aliphatic heterocycles. The van der Waals surface area contributed by atoms with Gasteiger partial charge in [-0.15, -0.1) is 0 Å². The van der Waals surface area contributed by atoms with Crippen LogP contribution in [-0.2, 0) is 6.42 Å². The van der Waals surface area contributed by atoms with Gasteiger partial charge in [-0.05, 0) is 25.5 Å². The van der Waals surface area contributed by atoms with E-state index in [2.05, 4.69) is 14.7 Å². The molecule has 0 saturated carbocycles. The quantitative estimate of drug-likeness (QED) is 0.936. The number of rotatable bonds is 4. The van der Waals surface area contributed by atoms with Gasteiger partial charge in [-0.1, -0.05) is 19.1 Å². The van der Waals surface area contributed by atoms with Crippen LogP contribution in [0.3, 0.4) is 0 Å². The lowest BCUT2D eigenvalue weighted by atomic mass is 10.1.